The monoisotopic (exact) mass is 500 g/mol. The summed E-state index contributed by atoms with van der Waals surface area (Å²) in [5.74, 6) is 8.13. The van der Waals surface area contributed by atoms with Crippen molar-refractivity contribution in [1.29, 1.82) is 0 Å². The van der Waals surface area contributed by atoms with E-state index < -0.39 is 0 Å². The fraction of sp³-hybridized carbons (Fsp3) is 0.407. The van der Waals surface area contributed by atoms with Gasteiger partial charge in [-0.1, -0.05) is 18.1 Å². The Morgan fingerprint density at radius 3 is 2.70 bits per heavy atom. The number of aromatic hydroxyl groups is 1. The fourth-order valence-corrected chi connectivity index (χ4v) is 4.84. The molecule has 37 heavy (non-hydrogen) atoms. The quantitative estimate of drug-likeness (QED) is 0.456. The summed E-state index contributed by atoms with van der Waals surface area (Å²) in [7, 11) is 0. The van der Waals surface area contributed by atoms with E-state index in [-0.39, 0.29) is 11.9 Å². The van der Waals surface area contributed by atoms with Crippen molar-refractivity contribution in [3.05, 3.63) is 48.4 Å². The lowest BCUT2D eigenvalue weighted by atomic mass is 10.1. The maximum Gasteiger partial charge on any atom is 0.206 e. The molecule has 4 N–H and O–H groups in total. The van der Waals surface area contributed by atoms with Gasteiger partial charge in [0.1, 0.15) is 11.6 Å². The number of benzene rings is 1. The predicted octanol–water partition coefficient (Wildman–Crippen LogP) is 1.75. The number of hydrogen-bond acceptors (Lipinski definition) is 10. The van der Waals surface area contributed by atoms with Gasteiger partial charge in [-0.15, -0.1) is 10.2 Å². The van der Waals surface area contributed by atoms with Crippen molar-refractivity contribution in [2.75, 3.05) is 61.3 Å². The van der Waals surface area contributed by atoms with Gasteiger partial charge in [-0.05, 0) is 56.0 Å². The van der Waals surface area contributed by atoms with Gasteiger partial charge >= 0.3 is 0 Å². The molecule has 2 saturated heterocycles. The number of nitrogens with zero attached hydrogens (tertiary/aromatic N) is 7. The molecule has 0 radical (unpaired) electrons. The number of nitrogens with two attached hydrogens (primary N) is 1. The first-order chi connectivity index (χ1) is 18.1. The third kappa shape index (κ3) is 6.07. The molecule has 2 aliphatic rings. The standard InChI is InChI=1S/C27H32N8O2/c28-27-23(18-22(31-32-27)21-7-1-2-8-24(21)37)34-14-5-15-35(17-16-34)26-10-11-29-25(30-26)9-4-13-33-12-3-6-20(36)19-33/h1-2,7-8,10-11,18,20,36-37H,3,5-6,12-17,19H2,(H2,28,32). The average molecular weight is 501 g/mol. The van der Waals surface area contributed by atoms with Gasteiger partial charge in [0.15, 0.2) is 5.82 Å². The predicted molar refractivity (Wildman–Crippen MR) is 143 cm³/mol. The van der Waals surface area contributed by atoms with Gasteiger partial charge in [-0.2, -0.15) is 0 Å². The van der Waals surface area contributed by atoms with Crippen LogP contribution >= 0.6 is 0 Å². The van der Waals surface area contributed by atoms with E-state index in [1.807, 2.05) is 24.3 Å². The summed E-state index contributed by atoms with van der Waals surface area (Å²) in [5, 5.41) is 28.4. The number of β-amino-alcohol motifs (C(OH)–C–C–N with tert-alkyl or cyclic N) is 1. The zero-order chi connectivity index (χ0) is 25.6. The summed E-state index contributed by atoms with van der Waals surface area (Å²) < 4.78 is 0. The Bertz CT molecular complexity index is 1290. The first-order valence-corrected chi connectivity index (χ1v) is 12.7. The number of aromatic nitrogens is 4. The van der Waals surface area contributed by atoms with E-state index in [2.05, 4.69) is 41.7 Å². The highest BCUT2D eigenvalue weighted by Gasteiger charge is 2.20. The zero-order valence-corrected chi connectivity index (χ0v) is 20.8. The molecule has 1 aromatic carbocycles. The maximum atomic E-state index is 10.2. The van der Waals surface area contributed by atoms with Crippen LogP contribution in [0.5, 0.6) is 5.75 Å². The zero-order valence-electron chi connectivity index (χ0n) is 20.8. The van der Waals surface area contributed by atoms with E-state index in [1.165, 1.54) is 0 Å². The van der Waals surface area contributed by atoms with Crippen LogP contribution in [0.4, 0.5) is 17.3 Å². The molecule has 1 atom stereocenters. The van der Waals surface area contributed by atoms with E-state index in [9.17, 15) is 10.2 Å². The topological polar surface area (TPSA) is 128 Å². The Balaban J connectivity index is 1.26. The second-order valence-corrected chi connectivity index (χ2v) is 9.42. The molecule has 2 fully saturated rings. The minimum absolute atomic E-state index is 0.158. The van der Waals surface area contributed by atoms with Crippen LogP contribution in [-0.2, 0) is 0 Å². The largest absolute Gasteiger partial charge is 0.507 e. The van der Waals surface area contributed by atoms with E-state index in [1.54, 1.807) is 18.3 Å². The molecule has 0 spiro atoms. The summed E-state index contributed by atoms with van der Waals surface area (Å²) in [4.78, 5) is 15.6. The second-order valence-electron chi connectivity index (χ2n) is 9.42. The molecule has 0 aliphatic carbocycles. The lowest BCUT2D eigenvalue weighted by molar-refractivity contribution is 0.0781. The lowest BCUT2D eigenvalue weighted by Gasteiger charge is -2.28. The number of aliphatic hydroxyl groups is 1. The highest BCUT2D eigenvalue weighted by molar-refractivity contribution is 5.74. The van der Waals surface area contributed by atoms with Crippen LogP contribution in [0.1, 0.15) is 25.1 Å². The van der Waals surface area contributed by atoms with E-state index in [0.717, 1.165) is 63.5 Å². The second kappa shape index (κ2) is 11.4. The molecule has 1 unspecified atom stereocenters. The Hall–Kier alpha value is -3.94. The van der Waals surface area contributed by atoms with Crippen molar-refractivity contribution in [1.82, 2.24) is 25.1 Å². The van der Waals surface area contributed by atoms with Crippen LogP contribution in [0.15, 0.2) is 42.6 Å². The van der Waals surface area contributed by atoms with Crippen molar-refractivity contribution >= 4 is 17.3 Å². The number of phenols is 1. The third-order valence-electron chi connectivity index (χ3n) is 6.77. The summed E-state index contributed by atoms with van der Waals surface area (Å²) in [6.45, 7) is 5.38. The van der Waals surface area contributed by atoms with Crippen LogP contribution < -0.4 is 15.5 Å². The molecule has 0 amide bonds. The molecular weight excluding hydrogens is 468 g/mol. The molecule has 0 saturated carbocycles. The molecule has 3 aromatic rings. The number of hydrogen-bond donors (Lipinski definition) is 3. The molecule has 0 bridgehead atoms. The Labute approximate surface area is 216 Å². The molecule has 10 nitrogen and oxygen atoms in total. The van der Waals surface area contributed by atoms with Gasteiger partial charge in [0.25, 0.3) is 0 Å². The minimum Gasteiger partial charge on any atom is -0.507 e. The molecule has 2 aliphatic heterocycles. The molecule has 10 heteroatoms. The number of likely N-dealkylation sites (tertiary alicyclic amines) is 1. The number of phenolic OH excluding ortho intramolecular Hbond substituents is 1. The Morgan fingerprint density at radius 2 is 1.84 bits per heavy atom. The molecule has 2 aromatic heterocycles. The van der Waals surface area contributed by atoms with E-state index in [0.29, 0.717) is 36.0 Å². The molecular formula is C27H32N8O2. The smallest absolute Gasteiger partial charge is 0.206 e. The van der Waals surface area contributed by atoms with Crippen LogP contribution in [0.2, 0.25) is 0 Å². The number of nitrogen functional groups attached to an aromatic ring is 1. The SMILES string of the molecule is Nc1nnc(-c2ccccc2O)cc1N1CCCN(c2ccnc(C#CCN3CCCC(O)C3)n2)CC1. The number of rotatable bonds is 4. The van der Waals surface area contributed by atoms with Crippen LogP contribution in [0, 0.1) is 11.8 Å². The van der Waals surface area contributed by atoms with Gasteiger partial charge in [0.2, 0.25) is 5.82 Å². The van der Waals surface area contributed by atoms with Crippen LogP contribution in [0.25, 0.3) is 11.3 Å². The summed E-state index contributed by atoms with van der Waals surface area (Å²) in [5.41, 5.74) is 8.24. The van der Waals surface area contributed by atoms with Crippen molar-refractivity contribution in [3.63, 3.8) is 0 Å². The van der Waals surface area contributed by atoms with Gasteiger partial charge in [0, 0.05) is 44.5 Å². The summed E-state index contributed by atoms with van der Waals surface area (Å²) in [6.07, 6.45) is 4.27. The van der Waals surface area contributed by atoms with E-state index in [4.69, 9.17) is 10.7 Å². The first kappa shape index (κ1) is 24.7. The fourth-order valence-electron chi connectivity index (χ4n) is 4.84. The highest BCUT2D eigenvalue weighted by Crippen LogP contribution is 2.31. The average Bonchev–Trinajstić information content (AvgIpc) is 3.16. The van der Waals surface area contributed by atoms with Crippen LogP contribution in [0.3, 0.4) is 0 Å². The normalized spacial score (nSPS) is 18.7. The molecule has 192 valence electrons. The number of para-hydroxylation sites is 1. The Morgan fingerprint density at radius 1 is 1.00 bits per heavy atom. The lowest BCUT2D eigenvalue weighted by Crippen LogP contribution is -2.38. The summed E-state index contributed by atoms with van der Waals surface area (Å²) >= 11 is 0. The van der Waals surface area contributed by atoms with Gasteiger partial charge in [-0.25, -0.2) is 9.97 Å². The third-order valence-corrected chi connectivity index (χ3v) is 6.77. The van der Waals surface area contributed by atoms with Crippen molar-refractivity contribution in [2.24, 2.45) is 0 Å². The van der Waals surface area contributed by atoms with Crippen LogP contribution in [-0.4, -0.2) is 87.2 Å². The summed E-state index contributed by atoms with van der Waals surface area (Å²) in [6, 6.07) is 10.9. The van der Waals surface area contributed by atoms with Crippen molar-refractivity contribution in [2.45, 2.75) is 25.4 Å². The van der Waals surface area contributed by atoms with Crippen molar-refractivity contribution in [3.8, 4) is 28.8 Å². The minimum atomic E-state index is -0.256. The number of piperidine rings is 1. The number of anilines is 3. The van der Waals surface area contributed by atoms with Gasteiger partial charge in [-0.3, -0.25) is 4.90 Å². The van der Waals surface area contributed by atoms with Gasteiger partial charge in [0.05, 0.1) is 24.0 Å². The van der Waals surface area contributed by atoms with Gasteiger partial charge < -0.3 is 25.7 Å². The first-order valence-electron chi connectivity index (χ1n) is 12.7. The molecule has 5 rings (SSSR count). The van der Waals surface area contributed by atoms with Crippen molar-refractivity contribution < 1.29 is 10.2 Å². The number of aliphatic hydroxyl groups excluding tert-OH is 1. The highest BCUT2D eigenvalue weighted by atomic mass is 16.3. The Kier molecular flexibility index (Phi) is 7.63. The maximum absolute atomic E-state index is 10.2. The van der Waals surface area contributed by atoms with E-state index >= 15 is 0 Å². The molecule has 4 heterocycles.